The summed E-state index contributed by atoms with van der Waals surface area (Å²) < 4.78 is 5.21. The molecule has 2 aromatic rings. The second kappa shape index (κ2) is 11.6. The molecule has 0 unspecified atom stereocenters. The van der Waals surface area contributed by atoms with Gasteiger partial charge in [-0.25, -0.2) is 0 Å². The molecule has 2 amide bonds. The second-order valence-electron chi connectivity index (χ2n) is 8.59. The summed E-state index contributed by atoms with van der Waals surface area (Å²) in [5.74, 6) is 0.606. The first kappa shape index (κ1) is 23.7. The van der Waals surface area contributed by atoms with Gasteiger partial charge in [-0.2, -0.15) is 0 Å². The number of rotatable bonds is 7. The van der Waals surface area contributed by atoms with Crippen LogP contribution >= 0.6 is 0 Å². The van der Waals surface area contributed by atoms with Crippen molar-refractivity contribution in [3.63, 3.8) is 0 Å². The van der Waals surface area contributed by atoms with Crippen molar-refractivity contribution in [2.24, 2.45) is 5.92 Å². The average Bonchev–Trinajstić information content (AvgIpc) is 2.88. The summed E-state index contributed by atoms with van der Waals surface area (Å²) >= 11 is 0. The van der Waals surface area contributed by atoms with Crippen LogP contribution in [0.4, 0.5) is 0 Å². The van der Waals surface area contributed by atoms with Crippen LogP contribution in [0.3, 0.4) is 0 Å². The normalized spacial score (nSPS) is 19.6. The Bertz CT molecular complexity index is 873. The Balaban J connectivity index is 1.57. The third-order valence-corrected chi connectivity index (χ3v) is 6.07. The van der Waals surface area contributed by atoms with Crippen molar-refractivity contribution < 1.29 is 14.3 Å². The van der Waals surface area contributed by atoms with E-state index in [1.54, 1.807) is 36.4 Å². The van der Waals surface area contributed by atoms with Crippen molar-refractivity contribution in [3.05, 3.63) is 59.9 Å². The lowest BCUT2D eigenvalue weighted by atomic mass is 9.95. The number of carbonyl (C=O) groups is 2. The van der Waals surface area contributed by atoms with Crippen molar-refractivity contribution in [1.82, 2.24) is 20.1 Å². The molecule has 0 aliphatic carbocycles. The van der Waals surface area contributed by atoms with Crippen molar-refractivity contribution in [1.29, 1.82) is 0 Å². The highest BCUT2D eigenvalue weighted by Crippen LogP contribution is 2.21. The molecule has 172 valence electrons. The van der Waals surface area contributed by atoms with E-state index in [1.807, 2.05) is 43.4 Å². The average molecular weight is 439 g/mol. The van der Waals surface area contributed by atoms with E-state index in [1.165, 1.54) is 5.56 Å². The zero-order valence-corrected chi connectivity index (χ0v) is 19.3. The Morgan fingerprint density at radius 2 is 2.00 bits per heavy atom. The summed E-state index contributed by atoms with van der Waals surface area (Å²) in [5, 5.41) is 3.58. The molecule has 0 saturated carbocycles. The minimum Gasteiger partial charge on any atom is -0.497 e. The maximum Gasteiger partial charge on any atom is 0.226 e. The lowest BCUT2D eigenvalue weighted by molar-refractivity contribution is -0.140. The molecule has 0 radical (unpaired) electrons. The van der Waals surface area contributed by atoms with Crippen LogP contribution in [0.2, 0.25) is 0 Å². The van der Waals surface area contributed by atoms with Crippen LogP contribution in [0.15, 0.2) is 48.8 Å². The van der Waals surface area contributed by atoms with Crippen LogP contribution in [-0.4, -0.2) is 60.4 Å². The third kappa shape index (κ3) is 6.79. The van der Waals surface area contributed by atoms with Crippen molar-refractivity contribution in [2.75, 3.05) is 27.7 Å². The lowest BCUT2D eigenvalue weighted by Crippen LogP contribution is -2.42. The number of methoxy groups -OCH3 is 1. The van der Waals surface area contributed by atoms with Crippen LogP contribution in [0, 0.1) is 5.92 Å². The molecule has 7 heteroatoms. The molecular formula is C25H34N4O3. The second-order valence-corrected chi connectivity index (χ2v) is 8.59. The van der Waals surface area contributed by atoms with Gasteiger partial charge in [0.1, 0.15) is 5.75 Å². The lowest BCUT2D eigenvalue weighted by Gasteiger charge is -2.25. The number of nitrogens with one attached hydrogen (secondary N) is 1. The molecule has 1 N–H and O–H groups in total. The van der Waals surface area contributed by atoms with Crippen LogP contribution in [-0.2, 0) is 22.7 Å². The van der Waals surface area contributed by atoms with Crippen molar-refractivity contribution >= 4 is 11.8 Å². The molecule has 1 aromatic heterocycles. The van der Waals surface area contributed by atoms with Gasteiger partial charge in [-0.3, -0.25) is 14.6 Å². The number of hydrogen-bond acceptors (Lipinski definition) is 5. The molecule has 1 saturated heterocycles. The molecule has 2 heterocycles. The zero-order chi connectivity index (χ0) is 22.9. The monoisotopic (exact) mass is 438 g/mol. The molecule has 1 aromatic carbocycles. The van der Waals surface area contributed by atoms with Gasteiger partial charge in [-0.1, -0.05) is 24.6 Å². The third-order valence-electron chi connectivity index (χ3n) is 6.07. The van der Waals surface area contributed by atoms with Gasteiger partial charge in [0.15, 0.2) is 0 Å². The maximum absolute atomic E-state index is 13.1. The van der Waals surface area contributed by atoms with Crippen LogP contribution < -0.4 is 10.1 Å². The molecule has 1 aliphatic rings. The summed E-state index contributed by atoms with van der Waals surface area (Å²) in [5.41, 5.74) is 2.15. The summed E-state index contributed by atoms with van der Waals surface area (Å²) in [7, 11) is 5.29. The molecule has 7 nitrogen and oxygen atoms in total. The predicted molar refractivity (Wildman–Crippen MR) is 124 cm³/mol. The first-order chi connectivity index (χ1) is 15.5. The predicted octanol–water partition coefficient (Wildman–Crippen LogP) is 2.86. The SMILES string of the molecule is COc1ccc(CN[C@@H]2CCC[C@@H](C(=O)N(C)Cc3cccnc3)CC(=O)N(C)C2)cc1. The van der Waals surface area contributed by atoms with Gasteiger partial charge in [-0.15, -0.1) is 0 Å². The number of pyridine rings is 1. The fourth-order valence-electron chi connectivity index (χ4n) is 4.14. The number of amides is 2. The Hall–Kier alpha value is -2.93. The Morgan fingerprint density at radius 1 is 1.22 bits per heavy atom. The number of ether oxygens (including phenoxy) is 1. The van der Waals surface area contributed by atoms with Crippen LogP contribution in [0.1, 0.15) is 36.8 Å². The first-order valence-corrected chi connectivity index (χ1v) is 11.2. The van der Waals surface area contributed by atoms with E-state index in [2.05, 4.69) is 10.3 Å². The minimum atomic E-state index is -0.285. The molecule has 0 spiro atoms. The number of nitrogens with zero attached hydrogens (tertiary/aromatic N) is 3. The molecule has 1 fully saturated rings. The molecule has 0 bridgehead atoms. The van der Waals surface area contributed by atoms with Gasteiger partial charge in [0, 0.05) is 64.5 Å². The Morgan fingerprint density at radius 3 is 2.69 bits per heavy atom. The number of carbonyl (C=O) groups excluding carboxylic acids is 2. The maximum atomic E-state index is 13.1. The van der Waals surface area contributed by atoms with Gasteiger partial charge in [-0.05, 0) is 42.2 Å². The van der Waals surface area contributed by atoms with Crippen LogP contribution in [0.5, 0.6) is 5.75 Å². The van der Waals surface area contributed by atoms with E-state index in [0.717, 1.165) is 37.1 Å². The van der Waals surface area contributed by atoms with E-state index in [4.69, 9.17) is 4.74 Å². The van der Waals surface area contributed by atoms with Gasteiger partial charge < -0.3 is 19.9 Å². The molecule has 2 atom stereocenters. The molecule has 32 heavy (non-hydrogen) atoms. The van der Waals surface area contributed by atoms with Gasteiger partial charge >= 0.3 is 0 Å². The summed E-state index contributed by atoms with van der Waals surface area (Å²) in [6.07, 6.45) is 6.29. The topological polar surface area (TPSA) is 74.8 Å². The van der Waals surface area contributed by atoms with E-state index in [-0.39, 0.29) is 30.2 Å². The smallest absolute Gasteiger partial charge is 0.226 e. The van der Waals surface area contributed by atoms with E-state index in [9.17, 15) is 9.59 Å². The molecular weight excluding hydrogens is 404 g/mol. The van der Waals surface area contributed by atoms with Gasteiger partial charge in [0.05, 0.1) is 7.11 Å². The fraction of sp³-hybridized carbons (Fsp3) is 0.480. The van der Waals surface area contributed by atoms with Crippen LogP contribution in [0.25, 0.3) is 0 Å². The Labute approximate surface area is 190 Å². The van der Waals surface area contributed by atoms with Crippen molar-refractivity contribution in [2.45, 2.75) is 44.8 Å². The number of benzene rings is 1. The van der Waals surface area contributed by atoms with Gasteiger partial charge in [0.25, 0.3) is 0 Å². The largest absolute Gasteiger partial charge is 0.497 e. The Kier molecular flexibility index (Phi) is 8.62. The molecule has 3 rings (SSSR count). The van der Waals surface area contributed by atoms with Crippen molar-refractivity contribution in [3.8, 4) is 5.75 Å². The van der Waals surface area contributed by atoms with E-state index < -0.39 is 0 Å². The van der Waals surface area contributed by atoms with E-state index in [0.29, 0.717) is 13.1 Å². The molecule has 1 aliphatic heterocycles. The minimum absolute atomic E-state index is 0.0243. The quantitative estimate of drug-likeness (QED) is 0.720. The zero-order valence-electron chi connectivity index (χ0n) is 19.3. The highest BCUT2D eigenvalue weighted by atomic mass is 16.5. The fourth-order valence-corrected chi connectivity index (χ4v) is 4.14. The number of likely N-dealkylation sites (N-methyl/N-ethyl adjacent to an activating group) is 1. The number of aromatic nitrogens is 1. The number of hydrogen-bond donors (Lipinski definition) is 1. The highest BCUT2D eigenvalue weighted by Gasteiger charge is 2.28. The summed E-state index contributed by atoms with van der Waals surface area (Å²) in [4.78, 5) is 33.5. The summed E-state index contributed by atoms with van der Waals surface area (Å²) in [6.45, 7) is 1.87. The summed E-state index contributed by atoms with van der Waals surface area (Å²) in [6, 6.07) is 12.0. The first-order valence-electron chi connectivity index (χ1n) is 11.2. The van der Waals surface area contributed by atoms with E-state index >= 15 is 0 Å². The van der Waals surface area contributed by atoms with Gasteiger partial charge in [0.2, 0.25) is 11.8 Å². The highest BCUT2D eigenvalue weighted by molar-refractivity contribution is 5.85. The standard InChI is InChI=1S/C25H34N4O3/c1-28-18-22(27-16-19-9-11-23(32-3)12-10-19)8-4-7-21(14-24(28)30)25(31)29(2)17-20-6-5-13-26-15-20/h5-6,9-13,15,21-22,27H,4,7-8,14,16-18H2,1-3H3/t21-,22-/m1/s1.